The Morgan fingerprint density at radius 1 is 1.50 bits per heavy atom. The minimum atomic E-state index is -0.383. The molecule has 0 spiro atoms. The van der Waals surface area contributed by atoms with Crippen LogP contribution in [0.3, 0.4) is 0 Å². The molecule has 0 unspecified atom stereocenters. The summed E-state index contributed by atoms with van der Waals surface area (Å²) < 4.78 is 0. The van der Waals surface area contributed by atoms with E-state index in [1.165, 1.54) is 7.05 Å². The molecule has 3 nitrogen and oxygen atoms in total. The molecule has 0 aliphatic rings. The van der Waals surface area contributed by atoms with Crippen LogP contribution in [-0.2, 0) is 4.79 Å². The highest BCUT2D eigenvalue weighted by Gasteiger charge is 1.96. The summed E-state index contributed by atoms with van der Waals surface area (Å²) in [4.78, 5) is 10.2. The van der Waals surface area contributed by atoms with Crippen LogP contribution in [0.1, 0.15) is 19.8 Å². The van der Waals surface area contributed by atoms with E-state index in [9.17, 15) is 4.79 Å². The third-order valence-electron chi connectivity index (χ3n) is 0.900. The van der Waals surface area contributed by atoms with Crippen LogP contribution in [-0.4, -0.2) is 13.0 Å². The van der Waals surface area contributed by atoms with E-state index in [1.54, 1.807) is 0 Å². The van der Waals surface area contributed by atoms with Crippen LogP contribution in [0.15, 0.2) is 12.2 Å². The summed E-state index contributed by atoms with van der Waals surface area (Å²) in [5.74, 6) is -0.383. The standard InChI is InChI=1S/C6H11NO.CH5N/c1-3-4-5(2)6(7)8;1-2/h2-4H2,1H3,(H2,7,8);2H2,1H3. The molecule has 0 aromatic carbocycles. The molecule has 0 saturated heterocycles. The first kappa shape index (κ1) is 11.9. The maximum absolute atomic E-state index is 10.2. The third-order valence-corrected chi connectivity index (χ3v) is 0.900. The summed E-state index contributed by atoms with van der Waals surface area (Å²) in [6, 6.07) is 0. The first-order valence-corrected chi connectivity index (χ1v) is 3.23. The first-order valence-electron chi connectivity index (χ1n) is 3.23. The maximum Gasteiger partial charge on any atom is 0.244 e. The van der Waals surface area contributed by atoms with Crippen molar-refractivity contribution in [3.63, 3.8) is 0 Å². The van der Waals surface area contributed by atoms with Crippen LogP contribution < -0.4 is 11.5 Å². The van der Waals surface area contributed by atoms with Crippen LogP contribution >= 0.6 is 0 Å². The Morgan fingerprint density at radius 2 is 1.90 bits per heavy atom. The quantitative estimate of drug-likeness (QED) is 0.563. The van der Waals surface area contributed by atoms with E-state index in [0.717, 1.165) is 12.8 Å². The number of hydrogen-bond acceptors (Lipinski definition) is 2. The van der Waals surface area contributed by atoms with Gasteiger partial charge in [0.1, 0.15) is 0 Å². The van der Waals surface area contributed by atoms with Gasteiger partial charge in [0.25, 0.3) is 0 Å². The van der Waals surface area contributed by atoms with E-state index in [-0.39, 0.29) is 5.91 Å². The molecule has 0 bridgehead atoms. The van der Waals surface area contributed by atoms with Gasteiger partial charge >= 0.3 is 0 Å². The van der Waals surface area contributed by atoms with Crippen molar-refractivity contribution in [3.05, 3.63) is 12.2 Å². The van der Waals surface area contributed by atoms with Gasteiger partial charge in [-0.05, 0) is 13.5 Å². The minimum Gasteiger partial charge on any atom is -0.366 e. The molecule has 0 rings (SSSR count). The summed E-state index contributed by atoms with van der Waals surface area (Å²) in [5.41, 5.74) is 9.90. The number of hydrogen-bond donors (Lipinski definition) is 2. The molecular formula is C7H16N2O. The Kier molecular flexibility index (Phi) is 9.73. The highest BCUT2D eigenvalue weighted by molar-refractivity contribution is 5.91. The molecule has 0 atom stereocenters. The molecule has 0 aromatic rings. The first-order chi connectivity index (χ1) is 4.68. The van der Waals surface area contributed by atoms with Crippen molar-refractivity contribution >= 4 is 5.91 Å². The molecule has 4 N–H and O–H groups in total. The lowest BCUT2D eigenvalue weighted by molar-refractivity contribution is -0.114. The number of nitrogens with two attached hydrogens (primary N) is 2. The lowest BCUT2D eigenvalue weighted by atomic mass is 10.2. The lowest BCUT2D eigenvalue weighted by Crippen LogP contribution is -2.12. The molecule has 60 valence electrons. The van der Waals surface area contributed by atoms with Crippen molar-refractivity contribution in [2.24, 2.45) is 11.5 Å². The SMILES string of the molecule is C=C(CCC)C(N)=O.CN. The van der Waals surface area contributed by atoms with Crippen molar-refractivity contribution < 1.29 is 4.79 Å². The smallest absolute Gasteiger partial charge is 0.244 e. The number of rotatable bonds is 3. The fourth-order valence-corrected chi connectivity index (χ4v) is 0.425. The van der Waals surface area contributed by atoms with Crippen molar-refractivity contribution in [2.75, 3.05) is 7.05 Å². The molecule has 10 heavy (non-hydrogen) atoms. The van der Waals surface area contributed by atoms with E-state index >= 15 is 0 Å². The molecule has 0 aliphatic heterocycles. The van der Waals surface area contributed by atoms with E-state index in [1.807, 2.05) is 6.92 Å². The topological polar surface area (TPSA) is 69.1 Å². The van der Waals surface area contributed by atoms with Gasteiger partial charge in [-0.3, -0.25) is 4.79 Å². The molecule has 0 aromatic heterocycles. The highest BCUT2D eigenvalue weighted by Crippen LogP contribution is 1.98. The third kappa shape index (κ3) is 7.17. The summed E-state index contributed by atoms with van der Waals surface area (Å²) >= 11 is 0. The van der Waals surface area contributed by atoms with E-state index in [2.05, 4.69) is 12.3 Å². The Balaban J connectivity index is 0. The second kappa shape index (κ2) is 8.17. The zero-order valence-electron chi connectivity index (χ0n) is 6.68. The van der Waals surface area contributed by atoms with Crippen molar-refractivity contribution in [2.45, 2.75) is 19.8 Å². The molecule has 0 saturated carbocycles. The molecule has 0 radical (unpaired) electrons. The Labute approximate surface area is 62.1 Å². The summed E-state index contributed by atoms with van der Waals surface area (Å²) in [6.07, 6.45) is 1.65. The van der Waals surface area contributed by atoms with Gasteiger partial charge in [-0.25, -0.2) is 0 Å². The largest absolute Gasteiger partial charge is 0.366 e. The van der Waals surface area contributed by atoms with Gasteiger partial charge in [-0.15, -0.1) is 0 Å². The van der Waals surface area contributed by atoms with Gasteiger partial charge < -0.3 is 11.5 Å². The highest BCUT2D eigenvalue weighted by atomic mass is 16.1. The molecule has 0 aliphatic carbocycles. The number of carbonyl (C=O) groups is 1. The van der Waals surface area contributed by atoms with Crippen LogP contribution in [0.4, 0.5) is 0 Å². The summed E-state index contributed by atoms with van der Waals surface area (Å²) in [5, 5.41) is 0. The fourth-order valence-electron chi connectivity index (χ4n) is 0.425. The molecule has 0 heterocycles. The zero-order valence-corrected chi connectivity index (χ0v) is 6.68. The van der Waals surface area contributed by atoms with Crippen LogP contribution in [0, 0.1) is 0 Å². The molecule has 0 fully saturated rings. The fraction of sp³-hybridized carbons (Fsp3) is 0.571. The van der Waals surface area contributed by atoms with Crippen molar-refractivity contribution in [3.8, 4) is 0 Å². The molecule has 3 heteroatoms. The van der Waals surface area contributed by atoms with Crippen molar-refractivity contribution in [1.82, 2.24) is 0 Å². The number of amides is 1. The lowest BCUT2D eigenvalue weighted by Gasteiger charge is -1.93. The second-order valence-corrected chi connectivity index (χ2v) is 1.72. The molecule has 1 amide bonds. The monoisotopic (exact) mass is 144 g/mol. The summed E-state index contributed by atoms with van der Waals surface area (Å²) in [7, 11) is 1.50. The van der Waals surface area contributed by atoms with E-state index in [0.29, 0.717) is 5.57 Å². The average Bonchev–Trinajstić information content (AvgIpc) is 1.93. The average molecular weight is 144 g/mol. The Hall–Kier alpha value is -0.830. The Bertz CT molecular complexity index is 110. The predicted octanol–water partition coefficient (Wildman–Crippen LogP) is 0.403. The zero-order chi connectivity index (χ0) is 8.57. The van der Waals surface area contributed by atoms with E-state index < -0.39 is 0 Å². The summed E-state index contributed by atoms with van der Waals surface area (Å²) in [6.45, 7) is 5.45. The van der Waals surface area contributed by atoms with Gasteiger partial charge in [0, 0.05) is 5.57 Å². The van der Waals surface area contributed by atoms with Crippen LogP contribution in [0.2, 0.25) is 0 Å². The van der Waals surface area contributed by atoms with Crippen molar-refractivity contribution in [1.29, 1.82) is 0 Å². The number of primary amides is 1. The Morgan fingerprint density at radius 3 is 2.00 bits per heavy atom. The van der Waals surface area contributed by atoms with Gasteiger partial charge in [-0.2, -0.15) is 0 Å². The normalized spacial score (nSPS) is 7.50. The second-order valence-electron chi connectivity index (χ2n) is 1.72. The van der Waals surface area contributed by atoms with Gasteiger partial charge in [0.2, 0.25) is 5.91 Å². The number of carbonyl (C=O) groups excluding carboxylic acids is 1. The van der Waals surface area contributed by atoms with Gasteiger partial charge in [0.05, 0.1) is 0 Å². The van der Waals surface area contributed by atoms with E-state index in [4.69, 9.17) is 5.73 Å². The maximum atomic E-state index is 10.2. The minimum absolute atomic E-state index is 0.383. The van der Waals surface area contributed by atoms with Gasteiger partial charge in [0.15, 0.2) is 0 Å². The van der Waals surface area contributed by atoms with Gasteiger partial charge in [-0.1, -0.05) is 19.9 Å². The molecular weight excluding hydrogens is 128 g/mol. The van der Waals surface area contributed by atoms with Crippen LogP contribution in [0.5, 0.6) is 0 Å². The van der Waals surface area contributed by atoms with Crippen LogP contribution in [0.25, 0.3) is 0 Å². The predicted molar refractivity (Wildman–Crippen MR) is 43.4 cm³/mol.